The normalized spacial score (nSPS) is 10.8. The van der Waals surface area contributed by atoms with E-state index in [2.05, 4.69) is 6.58 Å². The minimum Gasteiger partial charge on any atom is -0.489 e. The molecule has 1 heterocycles. The third-order valence-electron chi connectivity index (χ3n) is 4.03. The van der Waals surface area contributed by atoms with E-state index in [0.717, 1.165) is 10.8 Å². The van der Waals surface area contributed by atoms with Gasteiger partial charge in [0.15, 0.2) is 0 Å². The standard InChI is InChI=1S/C22H16O4/c1-2-11-24-17-9-10-19-20(13-17)25-14-21(22(19)23)26-18-8-7-15-5-3-4-6-16(15)12-18/h2-10,12-14H,1,11H2. The van der Waals surface area contributed by atoms with E-state index in [4.69, 9.17) is 13.9 Å². The molecule has 4 nitrogen and oxygen atoms in total. The number of benzene rings is 3. The second-order valence-electron chi connectivity index (χ2n) is 5.80. The van der Waals surface area contributed by atoms with Crippen LogP contribution in [0.3, 0.4) is 0 Å². The molecule has 0 saturated heterocycles. The number of ether oxygens (including phenoxy) is 2. The van der Waals surface area contributed by atoms with Crippen molar-refractivity contribution in [1.29, 1.82) is 0 Å². The average Bonchev–Trinajstić information content (AvgIpc) is 2.68. The van der Waals surface area contributed by atoms with Crippen molar-refractivity contribution in [3.05, 3.63) is 89.8 Å². The molecule has 0 saturated carbocycles. The van der Waals surface area contributed by atoms with Crippen LogP contribution in [0.4, 0.5) is 0 Å². The van der Waals surface area contributed by atoms with Crippen LogP contribution in [0.15, 0.2) is 88.8 Å². The molecule has 26 heavy (non-hydrogen) atoms. The Balaban J connectivity index is 1.68. The highest BCUT2D eigenvalue weighted by atomic mass is 16.5. The smallest absolute Gasteiger partial charge is 0.235 e. The van der Waals surface area contributed by atoms with Crippen molar-refractivity contribution in [3.63, 3.8) is 0 Å². The molecule has 0 aliphatic heterocycles. The van der Waals surface area contributed by atoms with Gasteiger partial charge in [0.2, 0.25) is 11.2 Å². The Kier molecular flexibility index (Phi) is 4.15. The van der Waals surface area contributed by atoms with Crippen LogP contribution < -0.4 is 14.9 Å². The molecule has 4 rings (SSSR count). The van der Waals surface area contributed by atoms with Crippen molar-refractivity contribution < 1.29 is 13.9 Å². The first kappa shape index (κ1) is 16.0. The quantitative estimate of drug-likeness (QED) is 0.461. The van der Waals surface area contributed by atoms with Crippen LogP contribution in [0, 0.1) is 0 Å². The Bertz CT molecular complexity index is 1160. The van der Waals surface area contributed by atoms with Crippen molar-refractivity contribution >= 4 is 21.7 Å². The molecule has 0 fully saturated rings. The first-order valence-corrected chi connectivity index (χ1v) is 8.20. The van der Waals surface area contributed by atoms with E-state index < -0.39 is 0 Å². The Labute approximate surface area is 149 Å². The van der Waals surface area contributed by atoms with Gasteiger partial charge in [-0.05, 0) is 35.0 Å². The molecule has 3 aromatic carbocycles. The molecule has 4 aromatic rings. The van der Waals surface area contributed by atoms with Crippen LogP contribution in [-0.4, -0.2) is 6.61 Å². The third-order valence-corrected chi connectivity index (χ3v) is 4.03. The summed E-state index contributed by atoms with van der Waals surface area (Å²) in [5, 5.41) is 2.59. The van der Waals surface area contributed by atoms with Crippen molar-refractivity contribution in [2.75, 3.05) is 6.61 Å². The van der Waals surface area contributed by atoms with Crippen LogP contribution in [0.25, 0.3) is 21.7 Å². The minimum absolute atomic E-state index is 0.146. The first-order chi connectivity index (χ1) is 12.7. The monoisotopic (exact) mass is 344 g/mol. The van der Waals surface area contributed by atoms with Gasteiger partial charge < -0.3 is 13.9 Å². The Hall–Kier alpha value is -3.53. The summed E-state index contributed by atoms with van der Waals surface area (Å²) >= 11 is 0. The van der Waals surface area contributed by atoms with E-state index >= 15 is 0 Å². The number of rotatable bonds is 5. The Morgan fingerprint density at radius 1 is 0.962 bits per heavy atom. The van der Waals surface area contributed by atoms with Gasteiger partial charge in [-0.3, -0.25) is 4.79 Å². The minimum atomic E-state index is -0.227. The summed E-state index contributed by atoms with van der Waals surface area (Å²) < 4.78 is 16.8. The number of fused-ring (bicyclic) bond motifs is 2. The molecular formula is C22H16O4. The molecule has 0 spiro atoms. The lowest BCUT2D eigenvalue weighted by Crippen LogP contribution is -2.05. The Morgan fingerprint density at radius 3 is 2.62 bits per heavy atom. The molecular weight excluding hydrogens is 328 g/mol. The number of hydrogen-bond acceptors (Lipinski definition) is 4. The molecule has 1 aromatic heterocycles. The van der Waals surface area contributed by atoms with E-state index in [1.54, 1.807) is 24.3 Å². The molecule has 4 heteroatoms. The van der Waals surface area contributed by atoms with Crippen molar-refractivity contribution in [2.24, 2.45) is 0 Å². The zero-order valence-electron chi connectivity index (χ0n) is 14.0. The lowest BCUT2D eigenvalue weighted by molar-refractivity contribution is 0.363. The first-order valence-electron chi connectivity index (χ1n) is 8.20. The van der Waals surface area contributed by atoms with Crippen molar-refractivity contribution in [1.82, 2.24) is 0 Å². The van der Waals surface area contributed by atoms with Gasteiger partial charge in [-0.15, -0.1) is 0 Å². The van der Waals surface area contributed by atoms with Gasteiger partial charge in [-0.2, -0.15) is 0 Å². The van der Waals surface area contributed by atoms with Gasteiger partial charge in [0.05, 0.1) is 5.39 Å². The van der Waals surface area contributed by atoms with E-state index in [0.29, 0.717) is 29.1 Å². The van der Waals surface area contributed by atoms with Gasteiger partial charge >= 0.3 is 0 Å². The predicted molar refractivity (Wildman–Crippen MR) is 102 cm³/mol. The van der Waals surface area contributed by atoms with Gasteiger partial charge in [-0.25, -0.2) is 0 Å². The molecule has 0 aliphatic rings. The van der Waals surface area contributed by atoms with Crippen LogP contribution in [-0.2, 0) is 0 Å². The Morgan fingerprint density at radius 2 is 1.77 bits per heavy atom. The lowest BCUT2D eigenvalue weighted by Gasteiger charge is -2.08. The van der Waals surface area contributed by atoms with Gasteiger partial charge in [-0.1, -0.05) is 43.0 Å². The van der Waals surface area contributed by atoms with E-state index in [1.165, 1.54) is 6.26 Å². The van der Waals surface area contributed by atoms with Crippen LogP contribution in [0.1, 0.15) is 0 Å². The number of hydrogen-bond donors (Lipinski definition) is 0. The molecule has 0 radical (unpaired) electrons. The molecule has 128 valence electrons. The van der Waals surface area contributed by atoms with Crippen LogP contribution >= 0.6 is 0 Å². The molecule has 0 N–H and O–H groups in total. The highest BCUT2D eigenvalue weighted by molar-refractivity contribution is 5.84. The molecule has 0 unspecified atom stereocenters. The van der Waals surface area contributed by atoms with Gasteiger partial charge in [0.1, 0.15) is 30.0 Å². The maximum Gasteiger partial charge on any atom is 0.235 e. The van der Waals surface area contributed by atoms with Crippen molar-refractivity contribution in [3.8, 4) is 17.2 Å². The fourth-order valence-electron chi connectivity index (χ4n) is 2.76. The zero-order chi connectivity index (χ0) is 17.9. The summed E-state index contributed by atoms with van der Waals surface area (Å²) in [6, 6.07) is 18.7. The van der Waals surface area contributed by atoms with E-state index in [9.17, 15) is 4.79 Å². The van der Waals surface area contributed by atoms with Crippen molar-refractivity contribution in [2.45, 2.75) is 0 Å². The zero-order valence-corrected chi connectivity index (χ0v) is 14.0. The highest BCUT2D eigenvalue weighted by Gasteiger charge is 2.10. The summed E-state index contributed by atoms with van der Waals surface area (Å²) in [5.74, 6) is 1.34. The fraction of sp³-hybridized carbons (Fsp3) is 0.0455. The summed E-state index contributed by atoms with van der Waals surface area (Å²) in [5.41, 5.74) is 0.220. The molecule has 0 bridgehead atoms. The average molecular weight is 344 g/mol. The third kappa shape index (κ3) is 3.05. The van der Waals surface area contributed by atoms with Gasteiger partial charge in [0.25, 0.3) is 0 Å². The molecule has 0 aliphatic carbocycles. The summed E-state index contributed by atoms with van der Waals surface area (Å²) in [6.45, 7) is 4.00. The summed E-state index contributed by atoms with van der Waals surface area (Å²) in [4.78, 5) is 12.7. The van der Waals surface area contributed by atoms with E-state index in [-0.39, 0.29) is 11.2 Å². The SMILES string of the molecule is C=CCOc1ccc2c(=O)c(Oc3ccc4ccccc4c3)coc2c1. The maximum absolute atomic E-state index is 12.7. The highest BCUT2D eigenvalue weighted by Crippen LogP contribution is 2.26. The maximum atomic E-state index is 12.7. The fourth-order valence-corrected chi connectivity index (χ4v) is 2.76. The van der Waals surface area contributed by atoms with Crippen LogP contribution in [0.5, 0.6) is 17.2 Å². The second-order valence-corrected chi connectivity index (χ2v) is 5.80. The van der Waals surface area contributed by atoms with Gasteiger partial charge in [0, 0.05) is 6.07 Å². The largest absolute Gasteiger partial charge is 0.489 e. The molecule has 0 amide bonds. The van der Waals surface area contributed by atoms with Crippen LogP contribution in [0.2, 0.25) is 0 Å². The lowest BCUT2D eigenvalue weighted by atomic mass is 10.1. The molecule has 0 atom stereocenters. The topological polar surface area (TPSA) is 48.7 Å². The van der Waals surface area contributed by atoms with E-state index in [1.807, 2.05) is 42.5 Å². The second kappa shape index (κ2) is 6.76. The summed E-state index contributed by atoms with van der Waals surface area (Å²) in [7, 11) is 0. The predicted octanol–water partition coefficient (Wildman–Crippen LogP) is 5.30. The summed E-state index contributed by atoms with van der Waals surface area (Å²) in [6.07, 6.45) is 2.98.